The normalized spacial score (nSPS) is 12.0. The first-order chi connectivity index (χ1) is 12.1. The molecule has 0 atom stereocenters. The van der Waals surface area contributed by atoms with Crippen molar-refractivity contribution in [1.82, 2.24) is 0 Å². The largest absolute Gasteiger partial charge is 0.478 e. The first kappa shape index (κ1) is 14.0. The Labute approximate surface area is 143 Å². The highest BCUT2D eigenvalue weighted by molar-refractivity contribution is 6.13. The lowest BCUT2D eigenvalue weighted by Crippen LogP contribution is -2.33. The van der Waals surface area contributed by atoms with Gasteiger partial charge in [0.2, 0.25) is 11.2 Å². The molecule has 0 saturated heterocycles. The average molecular weight is 328 g/mol. The van der Waals surface area contributed by atoms with Gasteiger partial charge in [-0.3, -0.25) is 0 Å². The minimum atomic E-state index is -0.923. The van der Waals surface area contributed by atoms with E-state index in [1.165, 1.54) is 0 Å². The number of aromatic nitrogens is 1. The SMILES string of the molecule is C[n+]1c2c3c(cccc3c3ccc(C(=O)O)cc31)Oc1ccccc1-2. The fourth-order valence-corrected chi connectivity index (χ4v) is 3.73. The van der Waals surface area contributed by atoms with E-state index >= 15 is 0 Å². The van der Waals surface area contributed by atoms with Gasteiger partial charge < -0.3 is 9.84 Å². The zero-order valence-corrected chi connectivity index (χ0v) is 13.5. The molecule has 4 aromatic rings. The summed E-state index contributed by atoms with van der Waals surface area (Å²) in [4.78, 5) is 11.4. The van der Waals surface area contributed by atoms with E-state index in [0.29, 0.717) is 0 Å². The molecule has 4 heteroatoms. The molecule has 3 aromatic carbocycles. The molecule has 0 bridgehead atoms. The maximum Gasteiger partial charge on any atom is 0.335 e. The molecule has 25 heavy (non-hydrogen) atoms. The lowest BCUT2D eigenvalue weighted by Gasteiger charge is -2.20. The summed E-state index contributed by atoms with van der Waals surface area (Å²) in [7, 11) is 1.97. The van der Waals surface area contributed by atoms with E-state index in [2.05, 4.69) is 10.6 Å². The molecular formula is C21H14NO3+. The summed E-state index contributed by atoms with van der Waals surface area (Å²) >= 11 is 0. The minimum Gasteiger partial charge on any atom is -0.478 e. The standard InChI is InChI=1S/C21H13NO3/c1-22-16-11-12(21(23)24)9-10-13(16)14-6-4-8-18-19(14)20(22)15-5-2-3-7-17(15)25-18/h2-11H,1H3/p+1. The lowest BCUT2D eigenvalue weighted by atomic mass is 9.95. The second kappa shape index (κ2) is 4.80. The third-order valence-electron chi connectivity index (χ3n) is 4.86. The number of carbonyl (C=O) groups is 1. The molecule has 120 valence electrons. The molecule has 0 aliphatic carbocycles. The van der Waals surface area contributed by atoms with Crippen LogP contribution in [0.2, 0.25) is 0 Å². The van der Waals surface area contributed by atoms with Crippen LogP contribution in [0.15, 0.2) is 60.7 Å². The number of fused-ring (bicyclic) bond motifs is 4. The Kier molecular flexibility index (Phi) is 2.69. The zero-order chi connectivity index (χ0) is 17.1. The Morgan fingerprint density at radius 3 is 2.60 bits per heavy atom. The van der Waals surface area contributed by atoms with Crippen molar-refractivity contribution in [3.8, 4) is 22.8 Å². The summed E-state index contributed by atoms with van der Waals surface area (Å²) in [5, 5.41) is 12.5. The lowest BCUT2D eigenvalue weighted by molar-refractivity contribution is -0.632. The molecule has 4 nitrogen and oxygen atoms in total. The van der Waals surface area contributed by atoms with Crippen LogP contribution in [0.25, 0.3) is 32.9 Å². The van der Waals surface area contributed by atoms with Gasteiger partial charge in [0.15, 0.2) is 0 Å². The summed E-state index contributed by atoms with van der Waals surface area (Å²) in [6.45, 7) is 0. The van der Waals surface area contributed by atoms with Crippen LogP contribution in [0.4, 0.5) is 0 Å². The van der Waals surface area contributed by atoms with E-state index in [1.54, 1.807) is 12.1 Å². The molecule has 0 unspecified atom stereocenters. The fraction of sp³-hybridized carbons (Fsp3) is 0.0476. The van der Waals surface area contributed by atoms with Gasteiger partial charge in [-0.25, -0.2) is 4.79 Å². The molecule has 0 fully saturated rings. The maximum absolute atomic E-state index is 11.4. The van der Waals surface area contributed by atoms with Gasteiger partial charge in [0, 0.05) is 11.5 Å². The number of hydrogen-bond acceptors (Lipinski definition) is 2. The zero-order valence-electron chi connectivity index (χ0n) is 13.5. The number of ether oxygens (including phenoxy) is 1. The maximum atomic E-state index is 11.4. The number of aryl methyl sites for hydroxylation is 1. The molecule has 1 aliphatic heterocycles. The fourth-order valence-electron chi connectivity index (χ4n) is 3.73. The summed E-state index contributed by atoms with van der Waals surface area (Å²) in [5.74, 6) is 0.714. The van der Waals surface area contributed by atoms with Gasteiger partial charge in [0.05, 0.1) is 21.9 Å². The van der Waals surface area contributed by atoms with Crippen molar-refractivity contribution in [2.24, 2.45) is 7.05 Å². The van der Waals surface area contributed by atoms with Gasteiger partial charge in [-0.2, -0.15) is 4.57 Å². The second-order valence-electron chi connectivity index (χ2n) is 6.22. The first-order valence-electron chi connectivity index (χ1n) is 8.04. The van der Waals surface area contributed by atoms with Gasteiger partial charge in [-0.1, -0.05) is 24.3 Å². The van der Waals surface area contributed by atoms with Gasteiger partial charge in [-0.15, -0.1) is 0 Å². The Morgan fingerprint density at radius 1 is 0.960 bits per heavy atom. The molecule has 0 saturated carbocycles. The van der Waals surface area contributed by atoms with E-state index in [9.17, 15) is 9.90 Å². The number of hydrogen-bond donors (Lipinski definition) is 1. The van der Waals surface area contributed by atoms with Crippen LogP contribution in [0.5, 0.6) is 11.5 Å². The van der Waals surface area contributed by atoms with Crippen molar-refractivity contribution in [2.45, 2.75) is 0 Å². The number of carboxylic acids is 1. The van der Waals surface area contributed by atoms with Crippen molar-refractivity contribution in [1.29, 1.82) is 0 Å². The predicted octanol–water partition coefficient (Wildman–Crippen LogP) is 4.29. The van der Waals surface area contributed by atoms with E-state index in [0.717, 1.165) is 44.4 Å². The Bertz CT molecular complexity index is 1210. The van der Waals surface area contributed by atoms with Crippen LogP contribution in [0.1, 0.15) is 10.4 Å². The van der Waals surface area contributed by atoms with Gasteiger partial charge in [-0.05, 0) is 30.3 Å². The third-order valence-corrected chi connectivity index (χ3v) is 4.86. The Balaban J connectivity index is 2.03. The number of rotatable bonds is 1. The topological polar surface area (TPSA) is 50.4 Å². The summed E-state index contributed by atoms with van der Waals surface area (Å²) < 4.78 is 8.17. The highest BCUT2D eigenvalue weighted by atomic mass is 16.5. The van der Waals surface area contributed by atoms with Crippen LogP contribution in [0.3, 0.4) is 0 Å². The van der Waals surface area contributed by atoms with Crippen molar-refractivity contribution < 1.29 is 19.2 Å². The number of benzene rings is 3. The monoisotopic (exact) mass is 328 g/mol. The Morgan fingerprint density at radius 2 is 1.76 bits per heavy atom. The van der Waals surface area contributed by atoms with Crippen molar-refractivity contribution in [2.75, 3.05) is 0 Å². The highest BCUT2D eigenvalue weighted by Crippen LogP contribution is 2.46. The summed E-state index contributed by atoms with van der Waals surface area (Å²) in [5.41, 5.74) is 3.22. The van der Waals surface area contributed by atoms with Crippen LogP contribution in [-0.4, -0.2) is 11.1 Å². The number of para-hydroxylation sites is 1. The van der Waals surface area contributed by atoms with E-state index in [-0.39, 0.29) is 5.56 Å². The van der Waals surface area contributed by atoms with Crippen molar-refractivity contribution in [3.63, 3.8) is 0 Å². The van der Waals surface area contributed by atoms with E-state index < -0.39 is 5.97 Å². The van der Waals surface area contributed by atoms with Crippen molar-refractivity contribution in [3.05, 3.63) is 66.2 Å². The highest BCUT2D eigenvalue weighted by Gasteiger charge is 2.29. The van der Waals surface area contributed by atoms with E-state index in [4.69, 9.17) is 4.74 Å². The van der Waals surface area contributed by atoms with Crippen LogP contribution in [-0.2, 0) is 7.05 Å². The molecule has 1 aliphatic rings. The van der Waals surface area contributed by atoms with Crippen LogP contribution >= 0.6 is 0 Å². The second-order valence-corrected chi connectivity index (χ2v) is 6.22. The molecule has 5 rings (SSSR count). The quantitative estimate of drug-likeness (QED) is 0.369. The van der Waals surface area contributed by atoms with Gasteiger partial charge in [0.25, 0.3) is 0 Å². The molecule has 1 N–H and O–H groups in total. The average Bonchev–Trinajstić information content (AvgIpc) is 2.64. The smallest absolute Gasteiger partial charge is 0.335 e. The third kappa shape index (κ3) is 1.82. The number of aromatic carboxylic acids is 1. The summed E-state index contributed by atoms with van der Waals surface area (Å²) in [6, 6.07) is 19.2. The number of pyridine rings is 1. The molecule has 0 radical (unpaired) electrons. The predicted molar refractivity (Wildman–Crippen MR) is 95.1 cm³/mol. The molecule has 0 amide bonds. The van der Waals surface area contributed by atoms with Crippen molar-refractivity contribution >= 4 is 27.6 Å². The molecule has 0 spiro atoms. The minimum absolute atomic E-state index is 0.283. The first-order valence-corrected chi connectivity index (χ1v) is 8.04. The molecular weight excluding hydrogens is 314 g/mol. The summed E-state index contributed by atoms with van der Waals surface area (Å²) in [6.07, 6.45) is 0. The Hall–Kier alpha value is -3.40. The molecule has 2 heterocycles. The van der Waals surface area contributed by atoms with Gasteiger partial charge >= 0.3 is 5.97 Å². The number of carboxylic acid groups (broad SMARTS) is 1. The van der Waals surface area contributed by atoms with Crippen LogP contribution < -0.4 is 9.30 Å². The van der Waals surface area contributed by atoms with E-state index in [1.807, 2.05) is 49.5 Å². The molecule has 1 aromatic heterocycles. The van der Waals surface area contributed by atoms with Gasteiger partial charge in [0.1, 0.15) is 18.5 Å². The number of nitrogens with zero attached hydrogens (tertiary/aromatic N) is 1. The van der Waals surface area contributed by atoms with Crippen LogP contribution in [0, 0.1) is 0 Å².